The molecule has 0 aliphatic rings. The number of nitrogens with zero attached hydrogens (tertiary/aromatic N) is 1. The van der Waals surface area contributed by atoms with Crippen molar-refractivity contribution < 1.29 is 10.2 Å². The first-order valence-corrected chi connectivity index (χ1v) is 6.97. The van der Waals surface area contributed by atoms with Crippen LogP contribution < -0.4 is 5.32 Å². The number of aliphatic hydroxyl groups excluding tert-OH is 2. The van der Waals surface area contributed by atoms with Gasteiger partial charge in [-0.05, 0) is 31.0 Å². The second kappa shape index (κ2) is 6.13. The fraction of sp³-hybridized carbons (Fsp3) is 0.462. The summed E-state index contributed by atoms with van der Waals surface area (Å²) in [5.41, 5.74) is 1.97. The molecule has 2 rings (SSSR count). The highest BCUT2D eigenvalue weighted by atomic mass is 32.1. The summed E-state index contributed by atoms with van der Waals surface area (Å²) < 4.78 is 1.15. The molecule has 5 heteroatoms. The first-order valence-electron chi connectivity index (χ1n) is 6.15. The van der Waals surface area contributed by atoms with Crippen LogP contribution in [0.1, 0.15) is 18.4 Å². The Morgan fingerprint density at radius 2 is 2.28 bits per heavy atom. The Bertz CT molecular complexity index is 513. The van der Waals surface area contributed by atoms with Gasteiger partial charge in [-0.15, -0.1) is 11.3 Å². The molecule has 0 bridgehead atoms. The summed E-state index contributed by atoms with van der Waals surface area (Å²) in [5, 5.41) is 22.3. The molecule has 1 aromatic carbocycles. The number of aromatic nitrogens is 1. The molecular formula is C13H18N2O2S. The predicted octanol–water partition coefficient (Wildman–Crippen LogP) is 2.01. The quantitative estimate of drug-likeness (QED) is 0.748. The first-order chi connectivity index (χ1) is 8.72. The van der Waals surface area contributed by atoms with Gasteiger partial charge in [-0.3, -0.25) is 0 Å². The first kappa shape index (κ1) is 13.3. The average molecular weight is 266 g/mol. The topological polar surface area (TPSA) is 65.4 Å². The number of thiazole rings is 1. The molecule has 3 N–H and O–H groups in total. The van der Waals surface area contributed by atoms with Gasteiger partial charge < -0.3 is 15.5 Å². The summed E-state index contributed by atoms with van der Waals surface area (Å²) in [5.74, 6) is 0. The van der Waals surface area contributed by atoms with Crippen LogP contribution in [-0.2, 0) is 6.42 Å². The Kier molecular flexibility index (Phi) is 4.52. The van der Waals surface area contributed by atoms with Gasteiger partial charge in [0.1, 0.15) is 0 Å². The van der Waals surface area contributed by atoms with Crippen molar-refractivity contribution in [2.24, 2.45) is 0 Å². The molecule has 1 atom stereocenters. The molecule has 0 aliphatic heterocycles. The van der Waals surface area contributed by atoms with Gasteiger partial charge in [-0.25, -0.2) is 4.98 Å². The molecule has 4 nitrogen and oxygen atoms in total. The smallest absolute Gasteiger partial charge is 0.0942 e. The van der Waals surface area contributed by atoms with Crippen LogP contribution in [0.3, 0.4) is 0 Å². The highest BCUT2D eigenvalue weighted by molar-refractivity contribution is 7.18. The molecule has 0 radical (unpaired) electrons. The second-order valence-corrected chi connectivity index (χ2v) is 5.37. The number of rotatable bonds is 6. The summed E-state index contributed by atoms with van der Waals surface area (Å²) in [6.45, 7) is 2.27. The minimum atomic E-state index is -0.724. The minimum Gasteiger partial charge on any atom is -0.394 e. The maximum absolute atomic E-state index is 9.28. The van der Waals surface area contributed by atoms with E-state index in [0.717, 1.165) is 28.7 Å². The van der Waals surface area contributed by atoms with Crippen LogP contribution in [-0.4, -0.2) is 34.5 Å². The van der Waals surface area contributed by atoms with Crippen LogP contribution in [0, 0.1) is 0 Å². The summed E-state index contributed by atoms with van der Waals surface area (Å²) in [6.07, 6.45) is 1.40. The fourth-order valence-corrected chi connectivity index (χ4v) is 2.81. The lowest BCUT2D eigenvalue weighted by Gasteiger charge is -2.09. The largest absolute Gasteiger partial charge is 0.394 e. The van der Waals surface area contributed by atoms with E-state index in [-0.39, 0.29) is 6.61 Å². The number of aliphatic hydroxyl groups is 2. The number of hydrogen-bond donors (Lipinski definition) is 3. The van der Waals surface area contributed by atoms with Gasteiger partial charge in [-0.1, -0.05) is 6.92 Å². The van der Waals surface area contributed by atoms with Crippen LogP contribution >= 0.6 is 11.3 Å². The zero-order chi connectivity index (χ0) is 13.0. The molecule has 2 aromatic rings. The Morgan fingerprint density at radius 3 is 3.00 bits per heavy atom. The second-order valence-electron chi connectivity index (χ2n) is 4.26. The van der Waals surface area contributed by atoms with E-state index >= 15 is 0 Å². The van der Waals surface area contributed by atoms with Gasteiger partial charge in [0.25, 0.3) is 0 Å². The van der Waals surface area contributed by atoms with E-state index in [0.29, 0.717) is 6.54 Å². The number of benzene rings is 1. The lowest BCUT2D eigenvalue weighted by atomic mass is 10.3. The summed E-state index contributed by atoms with van der Waals surface area (Å²) in [4.78, 5) is 4.56. The molecule has 0 fully saturated rings. The van der Waals surface area contributed by atoms with Crippen LogP contribution in [0.2, 0.25) is 0 Å². The van der Waals surface area contributed by atoms with Gasteiger partial charge in [0, 0.05) is 12.2 Å². The van der Waals surface area contributed by atoms with Crippen molar-refractivity contribution in [2.45, 2.75) is 25.9 Å². The van der Waals surface area contributed by atoms with Crippen molar-refractivity contribution >= 4 is 27.2 Å². The van der Waals surface area contributed by atoms with Crippen molar-refractivity contribution in [1.82, 2.24) is 4.98 Å². The van der Waals surface area contributed by atoms with Gasteiger partial charge in [-0.2, -0.15) is 0 Å². The monoisotopic (exact) mass is 266 g/mol. The van der Waals surface area contributed by atoms with Gasteiger partial charge in [0.05, 0.1) is 27.9 Å². The molecule has 0 saturated carbocycles. The number of fused-ring (bicyclic) bond motifs is 1. The minimum absolute atomic E-state index is 0.226. The van der Waals surface area contributed by atoms with Gasteiger partial charge in [0.15, 0.2) is 0 Å². The van der Waals surface area contributed by atoms with E-state index < -0.39 is 6.10 Å². The number of hydrogen-bond acceptors (Lipinski definition) is 5. The number of nitrogens with one attached hydrogen (secondary N) is 1. The highest BCUT2D eigenvalue weighted by Crippen LogP contribution is 2.25. The lowest BCUT2D eigenvalue weighted by Crippen LogP contribution is -2.22. The maximum Gasteiger partial charge on any atom is 0.0942 e. The number of anilines is 1. The molecule has 1 aromatic heterocycles. The molecule has 0 spiro atoms. The number of aryl methyl sites for hydroxylation is 1. The standard InChI is InChI=1S/C13H18N2O2S/c1-2-3-13-15-11-5-4-9(6-12(11)18-13)14-7-10(17)8-16/h4-6,10,14,16-17H,2-3,7-8H2,1H3. The van der Waals surface area contributed by atoms with E-state index in [2.05, 4.69) is 17.2 Å². The van der Waals surface area contributed by atoms with Crippen molar-refractivity contribution in [3.63, 3.8) is 0 Å². The summed E-state index contributed by atoms with van der Waals surface area (Å²) in [6, 6.07) is 5.97. The zero-order valence-electron chi connectivity index (χ0n) is 10.4. The molecule has 0 amide bonds. The maximum atomic E-state index is 9.28. The molecule has 0 aliphatic carbocycles. The highest BCUT2D eigenvalue weighted by Gasteiger charge is 2.05. The Labute approximate surface area is 110 Å². The molecule has 1 heterocycles. The summed E-state index contributed by atoms with van der Waals surface area (Å²) in [7, 11) is 0. The van der Waals surface area contributed by atoms with Crippen LogP contribution in [0.4, 0.5) is 5.69 Å². The van der Waals surface area contributed by atoms with Crippen molar-refractivity contribution in [2.75, 3.05) is 18.5 Å². The fourth-order valence-electron chi connectivity index (χ4n) is 1.70. The molecule has 18 heavy (non-hydrogen) atoms. The normalized spacial score (nSPS) is 12.8. The molecule has 98 valence electrons. The Morgan fingerprint density at radius 1 is 1.44 bits per heavy atom. The van der Waals surface area contributed by atoms with Crippen molar-refractivity contribution in [3.05, 3.63) is 23.2 Å². The summed E-state index contributed by atoms with van der Waals surface area (Å²) >= 11 is 1.71. The van der Waals surface area contributed by atoms with Crippen LogP contribution in [0.15, 0.2) is 18.2 Å². The third-order valence-electron chi connectivity index (χ3n) is 2.65. The van der Waals surface area contributed by atoms with Crippen LogP contribution in [0.25, 0.3) is 10.2 Å². The van der Waals surface area contributed by atoms with E-state index in [1.54, 1.807) is 11.3 Å². The van der Waals surface area contributed by atoms with E-state index in [1.807, 2.05) is 18.2 Å². The van der Waals surface area contributed by atoms with E-state index in [1.165, 1.54) is 5.01 Å². The zero-order valence-corrected chi connectivity index (χ0v) is 11.2. The third-order valence-corrected chi connectivity index (χ3v) is 3.73. The third kappa shape index (κ3) is 3.19. The van der Waals surface area contributed by atoms with Crippen molar-refractivity contribution in [3.8, 4) is 0 Å². The van der Waals surface area contributed by atoms with Crippen molar-refractivity contribution in [1.29, 1.82) is 0 Å². The molecule has 0 saturated heterocycles. The predicted molar refractivity (Wildman–Crippen MR) is 75.2 cm³/mol. The Balaban J connectivity index is 2.11. The average Bonchev–Trinajstić information content (AvgIpc) is 2.77. The van der Waals surface area contributed by atoms with Gasteiger partial charge >= 0.3 is 0 Å². The lowest BCUT2D eigenvalue weighted by molar-refractivity contribution is 0.105. The molecular weight excluding hydrogens is 248 g/mol. The Hall–Kier alpha value is -1.17. The molecule has 1 unspecified atom stereocenters. The van der Waals surface area contributed by atoms with E-state index in [4.69, 9.17) is 5.11 Å². The SMILES string of the molecule is CCCc1nc2ccc(NCC(O)CO)cc2s1. The van der Waals surface area contributed by atoms with E-state index in [9.17, 15) is 5.11 Å². The van der Waals surface area contributed by atoms with Crippen LogP contribution in [0.5, 0.6) is 0 Å². The van der Waals surface area contributed by atoms with Gasteiger partial charge in [0.2, 0.25) is 0 Å².